The molecule has 0 radical (unpaired) electrons. The first kappa shape index (κ1) is 14.3. The van der Waals surface area contributed by atoms with Gasteiger partial charge in [-0.15, -0.1) is 0 Å². The molecule has 114 valence electrons. The van der Waals surface area contributed by atoms with Crippen molar-refractivity contribution in [3.05, 3.63) is 0 Å². The summed E-state index contributed by atoms with van der Waals surface area (Å²) >= 11 is 0. The fraction of sp³-hybridized carbons (Fsp3) is 0.938. The average molecular weight is 280 g/mol. The first-order chi connectivity index (χ1) is 9.64. The summed E-state index contributed by atoms with van der Waals surface area (Å²) in [6.07, 6.45) is 7.50. The largest absolute Gasteiger partial charge is 0.480 e. The van der Waals surface area contributed by atoms with Crippen LogP contribution in [0.25, 0.3) is 0 Å². The maximum atomic E-state index is 11.9. The van der Waals surface area contributed by atoms with E-state index in [4.69, 9.17) is 0 Å². The van der Waals surface area contributed by atoms with Crippen molar-refractivity contribution in [1.29, 1.82) is 0 Å². The number of rotatable bonds is 10. The maximum absolute atomic E-state index is 11.9. The topological polar surface area (TPSA) is 52.6 Å². The van der Waals surface area contributed by atoms with Crippen LogP contribution in [-0.4, -0.2) is 47.7 Å². The molecule has 0 spiro atoms. The van der Waals surface area contributed by atoms with Gasteiger partial charge in [-0.05, 0) is 62.8 Å². The molecule has 0 heterocycles. The zero-order chi connectivity index (χ0) is 14.2. The van der Waals surface area contributed by atoms with Crippen LogP contribution < -0.4 is 5.32 Å². The van der Waals surface area contributed by atoms with Gasteiger partial charge in [-0.2, -0.15) is 0 Å². The smallest absolute Gasteiger partial charge is 0.325 e. The summed E-state index contributed by atoms with van der Waals surface area (Å²) in [4.78, 5) is 14.4. The summed E-state index contributed by atoms with van der Waals surface area (Å²) in [5, 5.41) is 13.2. The number of likely N-dealkylation sites (N-methyl/N-ethyl adjacent to an activating group) is 1. The Hall–Kier alpha value is -0.610. The zero-order valence-electron chi connectivity index (χ0n) is 12.6. The summed E-state index contributed by atoms with van der Waals surface area (Å²) < 4.78 is 0. The summed E-state index contributed by atoms with van der Waals surface area (Å²) in [6.45, 7) is 5.69. The van der Waals surface area contributed by atoms with Crippen LogP contribution in [0.1, 0.15) is 45.4 Å². The minimum absolute atomic E-state index is 0.334. The van der Waals surface area contributed by atoms with Crippen molar-refractivity contribution in [3.63, 3.8) is 0 Å². The van der Waals surface area contributed by atoms with E-state index in [0.717, 1.165) is 44.3 Å². The number of nitrogens with zero attached hydrogens (tertiary/aromatic N) is 1. The molecule has 0 aromatic heterocycles. The van der Waals surface area contributed by atoms with E-state index in [1.165, 1.54) is 25.7 Å². The van der Waals surface area contributed by atoms with Crippen molar-refractivity contribution in [2.45, 2.75) is 51.0 Å². The fourth-order valence-corrected chi connectivity index (χ4v) is 3.43. The van der Waals surface area contributed by atoms with E-state index >= 15 is 0 Å². The van der Waals surface area contributed by atoms with Crippen LogP contribution in [0, 0.1) is 17.8 Å². The average Bonchev–Trinajstić information content (AvgIpc) is 3.25. The molecular formula is C16H28N2O2. The van der Waals surface area contributed by atoms with Crippen molar-refractivity contribution in [2.24, 2.45) is 17.8 Å². The fourth-order valence-electron chi connectivity index (χ4n) is 3.43. The molecule has 1 atom stereocenters. The molecule has 0 aliphatic heterocycles. The molecule has 3 saturated carbocycles. The van der Waals surface area contributed by atoms with E-state index in [9.17, 15) is 9.90 Å². The Morgan fingerprint density at radius 1 is 1.15 bits per heavy atom. The third-order valence-corrected chi connectivity index (χ3v) is 5.05. The normalized spacial score (nSPS) is 25.7. The molecule has 0 amide bonds. The van der Waals surface area contributed by atoms with E-state index in [2.05, 4.69) is 10.2 Å². The molecule has 0 aromatic rings. The second kappa shape index (κ2) is 5.64. The monoisotopic (exact) mass is 280 g/mol. The van der Waals surface area contributed by atoms with Crippen LogP contribution in [0.5, 0.6) is 0 Å². The highest BCUT2D eigenvalue weighted by Crippen LogP contribution is 2.42. The first-order valence-electron chi connectivity index (χ1n) is 8.35. The van der Waals surface area contributed by atoms with E-state index in [0.29, 0.717) is 12.5 Å². The van der Waals surface area contributed by atoms with Crippen LogP contribution in [-0.2, 0) is 4.79 Å². The van der Waals surface area contributed by atoms with E-state index in [-0.39, 0.29) is 0 Å². The minimum Gasteiger partial charge on any atom is -0.480 e. The standard InChI is InChI=1S/C16H28N2O2/c1-2-17-16(15(19)20,14-7-8-14)11-18(9-12-3-4-12)10-13-5-6-13/h12-14,17H,2-11H2,1H3,(H,19,20). The van der Waals surface area contributed by atoms with Gasteiger partial charge in [0.05, 0.1) is 0 Å². The lowest BCUT2D eigenvalue weighted by Gasteiger charge is -2.36. The van der Waals surface area contributed by atoms with Gasteiger partial charge in [0.2, 0.25) is 0 Å². The Labute approximate surface area is 121 Å². The SMILES string of the molecule is CCNC(CN(CC1CC1)CC1CC1)(C(=O)O)C1CC1. The predicted octanol–water partition coefficient (Wildman–Crippen LogP) is 1.95. The number of hydrogen-bond donors (Lipinski definition) is 2. The summed E-state index contributed by atoms with van der Waals surface area (Å²) in [5.41, 5.74) is -0.696. The number of hydrogen-bond acceptors (Lipinski definition) is 3. The van der Waals surface area contributed by atoms with Gasteiger partial charge in [-0.3, -0.25) is 4.79 Å². The highest BCUT2D eigenvalue weighted by molar-refractivity contribution is 5.80. The Kier molecular flexibility index (Phi) is 4.04. The molecule has 4 heteroatoms. The van der Waals surface area contributed by atoms with Gasteiger partial charge in [0.1, 0.15) is 5.54 Å². The second-order valence-corrected chi connectivity index (χ2v) is 7.16. The molecule has 3 aliphatic rings. The number of carboxylic acids is 1. The quantitative estimate of drug-likeness (QED) is 0.642. The molecule has 0 bridgehead atoms. The van der Waals surface area contributed by atoms with Crippen LogP contribution in [0.4, 0.5) is 0 Å². The number of aliphatic carboxylic acids is 1. The lowest BCUT2D eigenvalue weighted by atomic mass is 9.92. The molecule has 1 unspecified atom stereocenters. The van der Waals surface area contributed by atoms with E-state index in [1.54, 1.807) is 0 Å². The van der Waals surface area contributed by atoms with Crippen molar-refractivity contribution in [2.75, 3.05) is 26.2 Å². The number of nitrogens with one attached hydrogen (secondary N) is 1. The predicted molar refractivity (Wildman–Crippen MR) is 78.7 cm³/mol. The van der Waals surface area contributed by atoms with Gasteiger partial charge in [0, 0.05) is 19.6 Å². The van der Waals surface area contributed by atoms with Crippen molar-refractivity contribution < 1.29 is 9.90 Å². The van der Waals surface area contributed by atoms with Gasteiger partial charge in [-0.1, -0.05) is 6.92 Å². The Bertz CT molecular complexity index is 347. The molecule has 20 heavy (non-hydrogen) atoms. The van der Waals surface area contributed by atoms with Crippen LogP contribution >= 0.6 is 0 Å². The van der Waals surface area contributed by atoms with Gasteiger partial charge in [-0.25, -0.2) is 0 Å². The third-order valence-electron chi connectivity index (χ3n) is 5.05. The Balaban J connectivity index is 1.68. The highest BCUT2D eigenvalue weighted by atomic mass is 16.4. The van der Waals surface area contributed by atoms with Crippen molar-refractivity contribution in [3.8, 4) is 0 Å². The third kappa shape index (κ3) is 3.34. The molecule has 3 rings (SSSR count). The van der Waals surface area contributed by atoms with E-state index < -0.39 is 11.5 Å². The molecule has 4 nitrogen and oxygen atoms in total. The molecule has 2 N–H and O–H groups in total. The first-order valence-corrected chi connectivity index (χ1v) is 8.35. The summed E-state index contributed by atoms with van der Waals surface area (Å²) in [7, 11) is 0. The minimum atomic E-state index is -0.696. The number of carbonyl (C=O) groups is 1. The molecular weight excluding hydrogens is 252 g/mol. The molecule has 3 fully saturated rings. The summed E-state index contributed by atoms with van der Waals surface area (Å²) in [5.74, 6) is 1.36. The number of carboxylic acid groups (broad SMARTS) is 1. The van der Waals surface area contributed by atoms with Gasteiger partial charge < -0.3 is 15.3 Å². The van der Waals surface area contributed by atoms with Gasteiger partial charge in [0.25, 0.3) is 0 Å². The van der Waals surface area contributed by atoms with E-state index in [1.807, 2.05) is 6.92 Å². The molecule has 0 aromatic carbocycles. The Morgan fingerprint density at radius 2 is 1.70 bits per heavy atom. The summed E-state index contributed by atoms with van der Waals surface area (Å²) in [6, 6.07) is 0. The van der Waals surface area contributed by atoms with Crippen molar-refractivity contribution >= 4 is 5.97 Å². The lowest BCUT2D eigenvalue weighted by Crippen LogP contribution is -2.61. The van der Waals surface area contributed by atoms with Crippen LogP contribution in [0.15, 0.2) is 0 Å². The molecule has 0 saturated heterocycles. The second-order valence-electron chi connectivity index (χ2n) is 7.16. The zero-order valence-corrected chi connectivity index (χ0v) is 12.6. The Morgan fingerprint density at radius 3 is 2.05 bits per heavy atom. The lowest BCUT2D eigenvalue weighted by molar-refractivity contribution is -0.147. The van der Waals surface area contributed by atoms with Crippen molar-refractivity contribution in [1.82, 2.24) is 10.2 Å². The highest BCUT2D eigenvalue weighted by Gasteiger charge is 2.52. The van der Waals surface area contributed by atoms with Crippen LogP contribution in [0.2, 0.25) is 0 Å². The maximum Gasteiger partial charge on any atom is 0.325 e. The molecule has 3 aliphatic carbocycles. The van der Waals surface area contributed by atoms with Crippen LogP contribution in [0.3, 0.4) is 0 Å². The van der Waals surface area contributed by atoms with Gasteiger partial charge in [0.15, 0.2) is 0 Å². The van der Waals surface area contributed by atoms with Gasteiger partial charge >= 0.3 is 5.97 Å².